The third-order valence-corrected chi connectivity index (χ3v) is 4.43. The predicted octanol–water partition coefficient (Wildman–Crippen LogP) is 5.43. The van der Waals surface area contributed by atoms with E-state index in [0.29, 0.717) is 13.4 Å². The van der Waals surface area contributed by atoms with E-state index in [4.69, 9.17) is 9.68 Å². The van der Waals surface area contributed by atoms with Gasteiger partial charge in [-0.2, -0.15) is 0 Å². The van der Waals surface area contributed by atoms with Crippen LogP contribution in [-0.4, -0.2) is 12.7 Å². The van der Waals surface area contributed by atoms with Gasteiger partial charge in [-0.05, 0) is 60.2 Å². The average Bonchev–Trinajstić information content (AvgIpc) is 2.44. The Balaban J connectivity index is 2.65. The van der Waals surface area contributed by atoms with Crippen molar-refractivity contribution in [2.75, 3.05) is 0 Å². The van der Waals surface area contributed by atoms with Gasteiger partial charge in [0.1, 0.15) is 11.2 Å². The molecule has 2 nitrogen and oxygen atoms in total. The molecule has 0 amide bonds. The van der Waals surface area contributed by atoms with Crippen LogP contribution in [0.15, 0.2) is 40.9 Å². The molecule has 2 aromatic rings. The second-order valence-corrected chi connectivity index (χ2v) is 8.75. The van der Waals surface area contributed by atoms with E-state index in [-0.39, 0.29) is 10.8 Å². The molecule has 0 saturated carbocycles. The second-order valence-electron chi connectivity index (χ2n) is 7.83. The molecular weight excluding hydrogens is 363 g/mol. The summed E-state index contributed by atoms with van der Waals surface area (Å²) in [5.41, 5.74) is 4.46. The van der Waals surface area contributed by atoms with Crippen LogP contribution in [-0.2, 0) is 10.8 Å². The first-order valence-corrected chi connectivity index (χ1v) is 8.75. The fourth-order valence-electron chi connectivity index (χ4n) is 2.48. The van der Waals surface area contributed by atoms with Crippen LogP contribution in [0.1, 0.15) is 45.7 Å². The van der Waals surface area contributed by atoms with Crippen molar-refractivity contribution in [2.45, 2.75) is 45.4 Å². The predicted molar refractivity (Wildman–Crippen MR) is 105 cm³/mol. The molecular formula is C20H24BBrO2+. The van der Waals surface area contributed by atoms with Gasteiger partial charge in [0.05, 0.1) is 6.92 Å². The van der Waals surface area contributed by atoms with E-state index in [9.17, 15) is 0 Å². The standard InChI is InChI=1S/C20H24BBrO2/c1-19(2,3)15-7-13(8-16(11-15)20(4,5)6)14-9-17(22)12-18(10-14)24-21-23/h7-12,23H,1H2,2-6H3/q+1. The number of halogens is 1. The minimum absolute atomic E-state index is 0.0419. The van der Waals surface area contributed by atoms with Gasteiger partial charge in [-0.1, -0.05) is 48.8 Å². The largest absolute Gasteiger partial charge is 0.569 e. The van der Waals surface area contributed by atoms with E-state index in [1.807, 2.05) is 18.2 Å². The van der Waals surface area contributed by atoms with Crippen molar-refractivity contribution in [3.8, 4) is 16.9 Å². The number of benzene rings is 2. The lowest BCUT2D eigenvalue weighted by Crippen LogP contribution is -2.16. The molecule has 2 aromatic carbocycles. The first kappa shape index (κ1) is 18.9. The van der Waals surface area contributed by atoms with Crippen molar-refractivity contribution in [1.82, 2.24) is 0 Å². The summed E-state index contributed by atoms with van der Waals surface area (Å²) in [6, 6.07) is 12.4. The molecule has 0 saturated heterocycles. The lowest BCUT2D eigenvalue weighted by atomic mass is 9.79. The lowest BCUT2D eigenvalue weighted by Gasteiger charge is -2.24. The van der Waals surface area contributed by atoms with Gasteiger partial charge in [0.15, 0.2) is 0 Å². The minimum atomic E-state index is -0.180. The summed E-state index contributed by atoms with van der Waals surface area (Å²) in [5.74, 6) is 0.582. The summed E-state index contributed by atoms with van der Waals surface area (Å²) in [7, 11) is 0.696. The molecule has 0 atom stereocenters. The highest BCUT2D eigenvalue weighted by atomic mass is 79.9. The van der Waals surface area contributed by atoms with Gasteiger partial charge in [-0.25, -0.2) is 0 Å². The number of hydrogen-bond donors (Lipinski definition) is 1. The highest BCUT2D eigenvalue weighted by molar-refractivity contribution is 9.10. The zero-order chi connectivity index (χ0) is 18.1. The lowest BCUT2D eigenvalue weighted by molar-refractivity contribution is 0.454. The Morgan fingerprint density at radius 3 is 2.04 bits per heavy atom. The monoisotopic (exact) mass is 386 g/mol. The maximum atomic E-state index is 8.90. The molecule has 0 bridgehead atoms. The molecule has 2 rings (SSSR count). The Morgan fingerprint density at radius 1 is 0.917 bits per heavy atom. The highest BCUT2D eigenvalue weighted by Gasteiger charge is 2.25. The van der Waals surface area contributed by atoms with Crippen LogP contribution in [0.3, 0.4) is 0 Å². The van der Waals surface area contributed by atoms with Gasteiger partial charge in [-0.15, -0.1) is 0 Å². The summed E-state index contributed by atoms with van der Waals surface area (Å²) in [6.45, 7) is 15.2. The molecule has 0 spiro atoms. The first-order valence-electron chi connectivity index (χ1n) is 7.95. The van der Waals surface area contributed by atoms with E-state index >= 15 is 0 Å². The zero-order valence-corrected chi connectivity index (χ0v) is 16.6. The van der Waals surface area contributed by atoms with Crippen molar-refractivity contribution in [1.29, 1.82) is 0 Å². The van der Waals surface area contributed by atoms with E-state index in [1.54, 1.807) is 0 Å². The Labute approximate surface area is 154 Å². The van der Waals surface area contributed by atoms with Crippen LogP contribution < -0.4 is 4.65 Å². The molecule has 0 aliphatic rings. The molecule has 1 radical (unpaired) electrons. The van der Waals surface area contributed by atoms with Gasteiger partial charge in [0, 0.05) is 10.0 Å². The quantitative estimate of drug-likeness (QED) is 0.560. The third kappa shape index (κ3) is 4.58. The van der Waals surface area contributed by atoms with Crippen LogP contribution in [0.5, 0.6) is 5.75 Å². The van der Waals surface area contributed by atoms with Gasteiger partial charge in [0.2, 0.25) is 0 Å². The topological polar surface area (TPSA) is 29.5 Å². The fourth-order valence-corrected chi connectivity index (χ4v) is 2.95. The minimum Gasteiger partial charge on any atom is -0.537 e. The molecule has 1 N–H and O–H groups in total. The van der Waals surface area contributed by atoms with Crippen LogP contribution in [0, 0.1) is 6.92 Å². The van der Waals surface area contributed by atoms with E-state index in [2.05, 4.69) is 75.7 Å². The molecule has 4 heteroatoms. The smallest absolute Gasteiger partial charge is 0.537 e. The van der Waals surface area contributed by atoms with E-state index < -0.39 is 0 Å². The number of rotatable bonds is 4. The highest BCUT2D eigenvalue weighted by Crippen LogP contribution is 2.35. The Kier molecular flexibility index (Phi) is 5.41. The third-order valence-electron chi connectivity index (χ3n) is 3.97. The molecule has 125 valence electrons. The van der Waals surface area contributed by atoms with E-state index in [0.717, 1.165) is 15.6 Å². The summed E-state index contributed by atoms with van der Waals surface area (Å²) in [6.07, 6.45) is 0. The molecule has 0 aromatic heterocycles. The Bertz CT molecular complexity index is 695. The van der Waals surface area contributed by atoms with Crippen LogP contribution >= 0.6 is 15.9 Å². The normalized spacial score (nSPS) is 12.1. The zero-order valence-electron chi connectivity index (χ0n) is 15.0. The summed E-state index contributed by atoms with van der Waals surface area (Å²) in [5, 5.41) is 8.90. The second kappa shape index (κ2) is 6.85. The van der Waals surface area contributed by atoms with Crippen molar-refractivity contribution in [3.05, 3.63) is 58.9 Å². The average molecular weight is 387 g/mol. The van der Waals surface area contributed by atoms with Crippen LogP contribution in [0.2, 0.25) is 0 Å². The molecule has 0 aliphatic heterocycles. The van der Waals surface area contributed by atoms with Crippen molar-refractivity contribution in [2.24, 2.45) is 0 Å². The maximum Gasteiger partial charge on any atom is 0.569 e. The van der Waals surface area contributed by atoms with E-state index in [1.165, 1.54) is 11.1 Å². The molecule has 0 aliphatic carbocycles. The Hall–Kier alpha value is -1.39. The van der Waals surface area contributed by atoms with Gasteiger partial charge in [0.25, 0.3) is 0 Å². The van der Waals surface area contributed by atoms with Crippen molar-refractivity contribution < 1.29 is 9.68 Å². The maximum absolute atomic E-state index is 8.90. The van der Waals surface area contributed by atoms with Crippen molar-refractivity contribution in [3.63, 3.8) is 0 Å². The summed E-state index contributed by atoms with van der Waals surface area (Å²) < 4.78 is 6.03. The molecule has 0 unspecified atom stereocenters. The van der Waals surface area contributed by atoms with Gasteiger partial charge >= 0.3 is 7.69 Å². The van der Waals surface area contributed by atoms with Crippen LogP contribution in [0.25, 0.3) is 11.1 Å². The fraction of sp³-hybridized carbons (Fsp3) is 0.350. The summed E-state index contributed by atoms with van der Waals surface area (Å²) >= 11 is 3.51. The van der Waals surface area contributed by atoms with Gasteiger partial charge < -0.3 is 9.68 Å². The van der Waals surface area contributed by atoms with Gasteiger partial charge in [-0.3, -0.25) is 0 Å². The summed E-state index contributed by atoms with van der Waals surface area (Å²) in [4.78, 5) is 0. The molecule has 0 fully saturated rings. The number of hydrogen-bond acceptors (Lipinski definition) is 2. The first-order chi connectivity index (χ1) is 11.0. The van der Waals surface area contributed by atoms with Crippen molar-refractivity contribution >= 4 is 23.6 Å². The van der Waals surface area contributed by atoms with Crippen LogP contribution in [0.4, 0.5) is 0 Å². The molecule has 0 heterocycles. The Morgan fingerprint density at radius 2 is 1.50 bits per heavy atom. The SMILES string of the molecule is [CH2+]C(C)(C)c1cc(-c2cc(Br)cc(O[B]O)c2)cc(C(C)(C)C)c1. The molecule has 24 heavy (non-hydrogen) atoms.